The van der Waals surface area contributed by atoms with Crippen molar-refractivity contribution in [3.63, 3.8) is 0 Å². The van der Waals surface area contributed by atoms with Crippen LogP contribution in [0.15, 0.2) is 18.2 Å². The molecule has 4 nitrogen and oxygen atoms in total. The van der Waals surface area contributed by atoms with Crippen LogP contribution in [0.2, 0.25) is 0 Å². The highest BCUT2D eigenvalue weighted by atomic mass is 19.1. The van der Waals surface area contributed by atoms with Gasteiger partial charge in [0.2, 0.25) is 0 Å². The van der Waals surface area contributed by atoms with Gasteiger partial charge < -0.3 is 9.84 Å². The highest BCUT2D eigenvalue weighted by molar-refractivity contribution is 5.84. The quantitative estimate of drug-likeness (QED) is 0.865. The largest absolute Gasteiger partial charge is 0.444 e. The van der Waals surface area contributed by atoms with Crippen LogP contribution in [0.4, 0.5) is 14.9 Å². The van der Waals surface area contributed by atoms with Gasteiger partial charge >= 0.3 is 6.09 Å². The first-order valence-corrected chi connectivity index (χ1v) is 6.22. The monoisotopic (exact) mass is 267 g/mol. The van der Waals surface area contributed by atoms with Crippen LogP contribution in [-0.4, -0.2) is 16.8 Å². The molecule has 0 aliphatic heterocycles. The molecule has 1 aliphatic rings. The van der Waals surface area contributed by atoms with Crippen molar-refractivity contribution < 1.29 is 19.0 Å². The van der Waals surface area contributed by atoms with Gasteiger partial charge in [-0.1, -0.05) is 6.07 Å². The van der Waals surface area contributed by atoms with E-state index in [4.69, 9.17) is 4.74 Å². The fourth-order valence-electron chi connectivity index (χ4n) is 1.78. The normalized spacial score (nSPS) is 16.9. The van der Waals surface area contributed by atoms with Gasteiger partial charge in [-0.05, 0) is 45.7 Å². The van der Waals surface area contributed by atoms with Gasteiger partial charge in [0.1, 0.15) is 11.4 Å². The summed E-state index contributed by atoms with van der Waals surface area (Å²) in [7, 11) is 0. The zero-order valence-corrected chi connectivity index (χ0v) is 11.3. The van der Waals surface area contributed by atoms with E-state index in [0.29, 0.717) is 18.5 Å². The predicted molar refractivity (Wildman–Crippen MR) is 69.4 cm³/mol. The number of halogens is 1. The third kappa shape index (κ3) is 3.44. The number of anilines is 1. The van der Waals surface area contributed by atoms with Crippen molar-refractivity contribution in [3.05, 3.63) is 29.6 Å². The van der Waals surface area contributed by atoms with Crippen molar-refractivity contribution in [2.24, 2.45) is 0 Å². The van der Waals surface area contributed by atoms with Crippen LogP contribution in [0.1, 0.15) is 39.2 Å². The summed E-state index contributed by atoms with van der Waals surface area (Å²) >= 11 is 0. The van der Waals surface area contributed by atoms with Crippen LogP contribution in [-0.2, 0) is 10.3 Å². The van der Waals surface area contributed by atoms with E-state index in [1.807, 2.05) is 0 Å². The van der Waals surface area contributed by atoms with Crippen molar-refractivity contribution in [1.29, 1.82) is 0 Å². The summed E-state index contributed by atoms with van der Waals surface area (Å²) in [5.41, 5.74) is -1.04. The number of carbonyl (C=O) groups excluding carboxylic acids is 1. The van der Waals surface area contributed by atoms with Crippen LogP contribution in [0, 0.1) is 5.82 Å². The van der Waals surface area contributed by atoms with E-state index < -0.39 is 23.1 Å². The molecular formula is C14H18FNO3. The van der Waals surface area contributed by atoms with Crippen LogP contribution in [0.25, 0.3) is 0 Å². The smallest absolute Gasteiger partial charge is 0.412 e. The summed E-state index contributed by atoms with van der Waals surface area (Å²) in [5, 5.41) is 12.3. The fraction of sp³-hybridized carbons (Fsp3) is 0.500. The molecule has 0 aromatic heterocycles. The molecule has 1 aliphatic carbocycles. The molecule has 5 heteroatoms. The molecular weight excluding hydrogens is 249 g/mol. The first-order valence-electron chi connectivity index (χ1n) is 6.22. The number of nitrogens with one attached hydrogen (secondary N) is 1. The minimum absolute atomic E-state index is 0.280. The van der Waals surface area contributed by atoms with Crippen molar-refractivity contribution in [3.8, 4) is 0 Å². The lowest BCUT2D eigenvalue weighted by atomic mass is 10.1. The van der Waals surface area contributed by atoms with Gasteiger partial charge in [0.05, 0.1) is 5.60 Å². The average Bonchev–Trinajstić information content (AvgIpc) is 2.94. The summed E-state index contributed by atoms with van der Waals surface area (Å²) in [6, 6.07) is 4.24. The van der Waals surface area contributed by atoms with E-state index in [1.54, 1.807) is 26.8 Å². The Balaban J connectivity index is 2.06. The van der Waals surface area contributed by atoms with Gasteiger partial charge in [0, 0.05) is 11.3 Å². The summed E-state index contributed by atoms with van der Waals surface area (Å²) in [4.78, 5) is 11.5. The summed E-state index contributed by atoms with van der Waals surface area (Å²) < 4.78 is 18.9. The highest BCUT2D eigenvalue weighted by Gasteiger charge is 2.44. The number of benzene rings is 1. The summed E-state index contributed by atoms with van der Waals surface area (Å²) in [5.74, 6) is -0.520. The molecule has 19 heavy (non-hydrogen) atoms. The van der Waals surface area contributed by atoms with Crippen molar-refractivity contribution in [2.45, 2.75) is 44.8 Å². The summed E-state index contributed by atoms with van der Waals surface area (Å²) in [6.07, 6.45) is 0.510. The Labute approximate surface area is 111 Å². The maximum absolute atomic E-state index is 13.8. The molecule has 0 spiro atoms. The molecule has 0 radical (unpaired) electrons. The molecule has 0 heterocycles. The molecule has 2 rings (SSSR count). The fourth-order valence-corrected chi connectivity index (χ4v) is 1.78. The molecule has 1 amide bonds. The number of carbonyl (C=O) groups is 1. The number of hydrogen-bond donors (Lipinski definition) is 2. The van der Waals surface area contributed by atoms with Crippen LogP contribution in [0.5, 0.6) is 0 Å². The Morgan fingerprint density at radius 2 is 2.05 bits per heavy atom. The summed E-state index contributed by atoms with van der Waals surface area (Å²) in [6.45, 7) is 5.25. The van der Waals surface area contributed by atoms with Crippen LogP contribution < -0.4 is 5.32 Å². The molecule has 0 saturated heterocycles. The van der Waals surface area contributed by atoms with E-state index in [1.165, 1.54) is 12.1 Å². The lowest BCUT2D eigenvalue weighted by molar-refractivity contribution is 0.0636. The third-order valence-electron chi connectivity index (χ3n) is 2.84. The standard InChI is InChI=1S/C14H18FNO3/c1-13(2,3)19-12(17)16-9-4-5-10(11(15)8-9)14(18)6-7-14/h4-5,8,18H,6-7H2,1-3H3,(H,16,17). The molecule has 0 unspecified atom stereocenters. The Kier molecular flexibility index (Phi) is 3.26. The predicted octanol–water partition coefficient (Wildman–Crippen LogP) is 3.15. The first-order chi connectivity index (χ1) is 8.70. The van der Waals surface area contributed by atoms with Gasteiger partial charge in [-0.25, -0.2) is 9.18 Å². The van der Waals surface area contributed by atoms with E-state index in [-0.39, 0.29) is 5.56 Å². The van der Waals surface area contributed by atoms with Gasteiger partial charge in [-0.3, -0.25) is 5.32 Å². The molecule has 0 bridgehead atoms. The number of rotatable bonds is 2. The van der Waals surface area contributed by atoms with E-state index >= 15 is 0 Å². The van der Waals surface area contributed by atoms with Crippen LogP contribution >= 0.6 is 0 Å². The molecule has 0 atom stereocenters. The Morgan fingerprint density at radius 1 is 1.42 bits per heavy atom. The maximum atomic E-state index is 13.8. The highest BCUT2D eigenvalue weighted by Crippen LogP contribution is 2.46. The lowest BCUT2D eigenvalue weighted by Crippen LogP contribution is -2.27. The van der Waals surface area contributed by atoms with Crippen LogP contribution in [0.3, 0.4) is 0 Å². The van der Waals surface area contributed by atoms with E-state index in [9.17, 15) is 14.3 Å². The van der Waals surface area contributed by atoms with E-state index in [0.717, 1.165) is 0 Å². The number of amides is 1. The van der Waals surface area contributed by atoms with Gasteiger partial charge in [-0.2, -0.15) is 0 Å². The van der Waals surface area contributed by atoms with Crippen molar-refractivity contribution in [1.82, 2.24) is 0 Å². The topological polar surface area (TPSA) is 58.6 Å². The molecule has 104 valence electrons. The molecule has 1 saturated carbocycles. The molecule has 1 aromatic carbocycles. The Bertz CT molecular complexity index is 504. The Hall–Kier alpha value is -1.62. The number of aliphatic hydroxyl groups is 1. The molecule has 1 fully saturated rings. The third-order valence-corrected chi connectivity index (χ3v) is 2.84. The Morgan fingerprint density at radius 3 is 2.53 bits per heavy atom. The van der Waals surface area contributed by atoms with Gasteiger partial charge in [-0.15, -0.1) is 0 Å². The maximum Gasteiger partial charge on any atom is 0.412 e. The van der Waals surface area contributed by atoms with Gasteiger partial charge in [0.15, 0.2) is 0 Å². The zero-order valence-electron chi connectivity index (χ0n) is 11.3. The molecule has 1 aromatic rings. The second kappa shape index (κ2) is 4.49. The zero-order chi connectivity index (χ0) is 14.3. The second-order valence-corrected chi connectivity index (χ2v) is 5.85. The van der Waals surface area contributed by atoms with E-state index in [2.05, 4.69) is 5.32 Å². The van der Waals surface area contributed by atoms with Crippen molar-refractivity contribution in [2.75, 3.05) is 5.32 Å². The SMILES string of the molecule is CC(C)(C)OC(=O)Nc1ccc(C2(O)CC2)c(F)c1. The second-order valence-electron chi connectivity index (χ2n) is 5.85. The lowest BCUT2D eigenvalue weighted by Gasteiger charge is -2.20. The first kappa shape index (κ1) is 13.8. The van der Waals surface area contributed by atoms with Crippen molar-refractivity contribution >= 4 is 11.8 Å². The number of hydrogen-bond acceptors (Lipinski definition) is 3. The minimum Gasteiger partial charge on any atom is -0.444 e. The number of ether oxygens (including phenoxy) is 1. The minimum atomic E-state index is -1.02. The van der Waals surface area contributed by atoms with Gasteiger partial charge in [0.25, 0.3) is 0 Å². The average molecular weight is 267 g/mol. The molecule has 2 N–H and O–H groups in total.